The molecule has 1 aliphatic rings. The molecule has 0 amide bonds. The van der Waals surface area contributed by atoms with Crippen molar-refractivity contribution in [1.29, 1.82) is 0 Å². The molecule has 2 rings (SSSR count). The van der Waals surface area contributed by atoms with Gasteiger partial charge in [0.05, 0.1) is 6.61 Å². The lowest BCUT2D eigenvalue weighted by molar-refractivity contribution is -0.565. The highest BCUT2D eigenvalue weighted by Crippen LogP contribution is 2.15. The van der Waals surface area contributed by atoms with Gasteiger partial charge in [0.2, 0.25) is 6.29 Å². The minimum atomic E-state index is -0.379. The summed E-state index contributed by atoms with van der Waals surface area (Å²) in [7, 11) is 0. The molecule has 0 spiro atoms. The largest absolute Gasteiger partial charge is 0.462 e. The van der Waals surface area contributed by atoms with Gasteiger partial charge in [-0.3, -0.25) is 0 Å². The van der Waals surface area contributed by atoms with Gasteiger partial charge >= 0.3 is 0 Å². The first-order chi connectivity index (χ1) is 6.45. The lowest BCUT2D eigenvalue weighted by Crippen LogP contribution is -2.27. The molecule has 0 bridgehead atoms. The molecule has 1 aromatic rings. The molecule has 1 atom stereocenters. The molecule has 0 N–H and O–H groups in total. The second-order valence-electron chi connectivity index (χ2n) is 2.64. The van der Waals surface area contributed by atoms with Crippen LogP contribution in [-0.4, -0.2) is 12.9 Å². The monoisotopic (exact) mass is 182 g/mol. The molecule has 0 radical (unpaired) electrons. The molecule has 1 unspecified atom stereocenters. The minimum Gasteiger partial charge on any atom is -0.462 e. The molecule has 13 heavy (non-hydrogen) atoms. The van der Waals surface area contributed by atoms with Crippen LogP contribution in [0.5, 0.6) is 5.75 Å². The lowest BCUT2D eigenvalue weighted by Gasteiger charge is -2.20. The van der Waals surface area contributed by atoms with Gasteiger partial charge in [0, 0.05) is 6.42 Å². The van der Waals surface area contributed by atoms with Gasteiger partial charge in [0.15, 0.2) is 0 Å². The normalized spacial score (nSPS) is 22.6. The SMILES string of the molecule is c1ccc(OC2CCOOO2)cc1. The van der Waals surface area contributed by atoms with Gasteiger partial charge in [0.25, 0.3) is 0 Å². The Morgan fingerprint density at radius 1 is 1.23 bits per heavy atom. The van der Waals surface area contributed by atoms with Gasteiger partial charge in [-0.25, -0.2) is 4.89 Å². The molecule has 1 saturated heterocycles. The molecule has 0 aromatic heterocycles. The van der Waals surface area contributed by atoms with Crippen molar-refractivity contribution in [2.75, 3.05) is 6.61 Å². The number of hydrogen-bond donors (Lipinski definition) is 0. The van der Waals surface area contributed by atoms with E-state index in [-0.39, 0.29) is 6.29 Å². The van der Waals surface area contributed by atoms with Gasteiger partial charge in [-0.05, 0) is 12.1 Å². The van der Waals surface area contributed by atoms with Crippen molar-refractivity contribution in [1.82, 2.24) is 0 Å². The maximum Gasteiger partial charge on any atom is 0.236 e. The van der Waals surface area contributed by atoms with E-state index in [2.05, 4.69) is 9.93 Å². The third-order valence-corrected chi connectivity index (χ3v) is 1.64. The summed E-state index contributed by atoms with van der Waals surface area (Å²) in [4.78, 5) is 9.27. The molecule has 1 aliphatic heterocycles. The van der Waals surface area contributed by atoms with E-state index in [0.717, 1.165) is 5.75 Å². The van der Waals surface area contributed by atoms with Gasteiger partial charge in [-0.1, -0.05) is 23.2 Å². The summed E-state index contributed by atoms with van der Waals surface area (Å²) in [5.41, 5.74) is 0. The van der Waals surface area contributed by atoms with Crippen molar-refractivity contribution < 1.29 is 19.6 Å². The zero-order valence-corrected chi connectivity index (χ0v) is 7.01. The average Bonchev–Trinajstić information content (AvgIpc) is 2.21. The van der Waals surface area contributed by atoms with E-state index >= 15 is 0 Å². The molecule has 1 fully saturated rings. The minimum absolute atomic E-state index is 0.379. The van der Waals surface area contributed by atoms with Crippen LogP contribution in [0.2, 0.25) is 0 Å². The molecule has 1 heterocycles. The van der Waals surface area contributed by atoms with Crippen molar-refractivity contribution in [3.05, 3.63) is 30.3 Å². The fourth-order valence-corrected chi connectivity index (χ4v) is 1.03. The Balaban J connectivity index is 1.90. The van der Waals surface area contributed by atoms with Crippen LogP contribution < -0.4 is 4.74 Å². The number of benzene rings is 1. The fourth-order valence-electron chi connectivity index (χ4n) is 1.03. The maximum atomic E-state index is 5.43. The summed E-state index contributed by atoms with van der Waals surface area (Å²) >= 11 is 0. The quantitative estimate of drug-likeness (QED) is 0.652. The molecule has 4 nitrogen and oxygen atoms in total. The number of ether oxygens (including phenoxy) is 1. The van der Waals surface area contributed by atoms with Crippen molar-refractivity contribution in [2.24, 2.45) is 0 Å². The predicted octanol–water partition coefficient (Wildman–Crippen LogP) is 1.67. The standard InChI is InChI=1S/C9H10O4/c1-2-4-8(5-3-1)11-9-6-7-10-13-12-9/h1-5,9H,6-7H2. The number of para-hydroxylation sites is 1. The summed E-state index contributed by atoms with van der Waals surface area (Å²) in [6, 6.07) is 9.44. The molecule has 1 aromatic carbocycles. The lowest BCUT2D eigenvalue weighted by atomic mass is 10.3. The third kappa shape index (κ3) is 2.42. The predicted molar refractivity (Wildman–Crippen MR) is 43.6 cm³/mol. The number of rotatable bonds is 2. The topological polar surface area (TPSA) is 36.9 Å². The van der Waals surface area contributed by atoms with Crippen LogP contribution >= 0.6 is 0 Å². The zero-order valence-electron chi connectivity index (χ0n) is 7.01. The Morgan fingerprint density at radius 3 is 2.77 bits per heavy atom. The summed E-state index contributed by atoms with van der Waals surface area (Å²) in [6.07, 6.45) is 0.283. The Labute approximate surface area is 75.8 Å². The summed E-state index contributed by atoms with van der Waals surface area (Å²) in [6.45, 7) is 0.484. The van der Waals surface area contributed by atoms with Crippen LogP contribution in [-0.2, 0) is 14.8 Å². The van der Waals surface area contributed by atoms with E-state index in [1.807, 2.05) is 30.3 Å². The van der Waals surface area contributed by atoms with E-state index in [0.29, 0.717) is 13.0 Å². The van der Waals surface area contributed by atoms with Crippen molar-refractivity contribution >= 4 is 0 Å². The molecule has 70 valence electrons. The number of hydrogen-bond acceptors (Lipinski definition) is 4. The Kier molecular flexibility index (Phi) is 2.76. The third-order valence-electron chi connectivity index (χ3n) is 1.64. The van der Waals surface area contributed by atoms with Crippen LogP contribution in [0.1, 0.15) is 6.42 Å². The highest BCUT2D eigenvalue weighted by Gasteiger charge is 2.17. The van der Waals surface area contributed by atoms with E-state index in [1.165, 1.54) is 0 Å². The van der Waals surface area contributed by atoms with Gasteiger partial charge in [0.1, 0.15) is 5.75 Å². The van der Waals surface area contributed by atoms with Crippen LogP contribution in [0.3, 0.4) is 0 Å². The highest BCUT2D eigenvalue weighted by molar-refractivity contribution is 5.20. The van der Waals surface area contributed by atoms with E-state index in [1.54, 1.807) is 0 Å². The second kappa shape index (κ2) is 4.23. The molecule has 4 heteroatoms. The molecule has 0 saturated carbocycles. The van der Waals surface area contributed by atoms with Crippen molar-refractivity contribution in [2.45, 2.75) is 12.7 Å². The molecular formula is C9H10O4. The van der Waals surface area contributed by atoms with Gasteiger partial charge in [-0.15, -0.1) is 0 Å². The van der Waals surface area contributed by atoms with Gasteiger partial charge < -0.3 is 4.74 Å². The van der Waals surface area contributed by atoms with Crippen LogP contribution in [0.4, 0.5) is 0 Å². The van der Waals surface area contributed by atoms with E-state index < -0.39 is 0 Å². The summed E-state index contributed by atoms with van der Waals surface area (Å²) in [5.74, 6) is 0.762. The summed E-state index contributed by atoms with van der Waals surface area (Å²) in [5, 5.41) is 4.33. The first kappa shape index (κ1) is 8.50. The smallest absolute Gasteiger partial charge is 0.236 e. The molecule has 0 aliphatic carbocycles. The first-order valence-electron chi connectivity index (χ1n) is 4.12. The fraction of sp³-hybridized carbons (Fsp3) is 0.333. The zero-order chi connectivity index (χ0) is 8.93. The van der Waals surface area contributed by atoms with Crippen LogP contribution in [0.15, 0.2) is 30.3 Å². The Morgan fingerprint density at radius 2 is 2.08 bits per heavy atom. The van der Waals surface area contributed by atoms with Crippen molar-refractivity contribution in [3.63, 3.8) is 0 Å². The Bertz CT molecular complexity index is 243. The van der Waals surface area contributed by atoms with Crippen LogP contribution in [0.25, 0.3) is 0 Å². The average molecular weight is 182 g/mol. The van der Waals surface area contributed by atoms with Crippen molar-refractivity contribution in [3.8, 4) is 5.75 Å². The van der Waals surface area contributed by atoms with E-state index in [9.17, 15) is 0 Å². The van der Waals surface area contributed by atoms with Gasteiger partial charge in [-0.2, -0.15) is 4.89 Å². The highest BCUT2D eigenvalue weighted by atomic mass is 17.5. The molecular weight excluding hydrogens is 172 g/mol. The maximum absolute atomic E-state index is 5.43. The van der Waals surface area contributed by atoms with Crippen LogP contribution in [0, 0.1) is 0 Å². The second-order valence-corrected chi connectivity index (χ2v) is 2.64. The summed E-state index contributed by atoms with van der Waals surface area (Å²) < 4.78 is 5.43. The Hall–Kier alpha value is -1.10. The first-order valence-corrected chi connectivity index (χ1v) is 4.12. The van der Waals surface area contributed by atoms with E-state index in [4.69, 9.17) is 9.62 Å².